The normalized spacial score (nSPS) is 10.2. The Balaban J connectivity index is 2.80. The maximum absolute atomic E-state index is 5.32. The maximum atomic E-state index is 5.32. The topological polar surface area (TPSA) is 39.7 Å². The summed E-state index contributed by atoms with van der Waals surface area (Å²) in [5.41, 5.74) is 1.17. The Hall–Kier alpha value is -1.42. The second kappa shape index (κ2) is 7.82. The van der Waals surface area contributed by atoms with Gasteiger partial charge in [0, 0.05) is 0 Å². The van der Waals surface area contributed by atoms with Crippen molar-refractivity contribution in [2.75, 3.05) is 34.4 Å². The molecule has 0 unspecified atom stereocenters. The number of ether oxygens (including phenoxy) is 3. The van der Waals surface area contributed by atoms with Crippen LogP contribution in [0.15, 0.2) is 12.1 Å². The molecule has 1 N–H and O–H groups in total. The van der Waals surface area contributed by atoms with E-state index in [1.807, 2.05) is 12.1 Å². The van der Waals surface area contributed by atoms with Crippen molar-refractivity contribution in [2.45, 2.75) is 19.8 Å². The van der Waals surface area contributed by atoms with Gasteiger partial charge in [-0.25, -0.2) is 0 Å². The fourth-order valence-corrected chi connectivity index (χ4v) is 1.81. The lowest BCUT2D eigenvalue weighted by Gasteiger charge is -2.14. The molecule has 0 spiro atoms. The van der Waals surface area contributed by atoms with Crippen LogP contribution in [-0.4, -0.2) is 34.4 Å². The largest absolute Gasteiger partial charge is 0.493 e. The van der Waals surface area contributed by atoms with Crippen LogP contribution in [0, 0.1) is 0 Å². The molecule has 0 heterocycles. The number of hydrogen-bond donors (Lipinski definition) is 1. The molecule has 4 nitrogen and oxygen atoms in total. The molecule has 0 aromatic heterocycles. The van der Waals surface area contributed by atoms with Crippen LogP contribution in [0.25, 0.3) is 0 Å². The summed E-state index contributed by atoms with van der Waals surface area (Å²) in [6, 6.07) is 3.99. The molecule has 4 heteroatoms. The zero-order valence-electron chi connectivity index (χ0n) is 11.7. The number of methoxy groups -OCH3 is 3. The predicted molar refractivity (Wildman–Crippen MR) is 73.0 cm³/mol. The van der Waals surface area contributed by atoms with Crippen molar-refractivity contribution in [1.82, 2.24) is 5.32 Å². The summed E-state index contributed by atoms with van der Waals surface area (Å²) in [7, 11) is 4.88. The lowest BCUT2D eigenvalue weighted by molar-refractivity contribution is 0.323. The van der Waals surface area contributed by atoms with Crippen LogP contribution in [0.4, 0.5) is 0 Å². The molecule has 0 radical (unpaired) electrons. The molecule has 0 fully saturated rings. The van der Waals surface area contributed by atoms with Gasteiger partial charge in [-0.2, -0.15) is 0 Å². The lowest BCUT2D eigenvalue weighted by Crippen LogP contribution is -2.17. The molecule has 0 aliphatic heterocycles. The summed E-state index contributed by atoms with van der Waals surface area (Å²) in [5, 5.41) is 3.37. The Labute approximate surface area is 109 Å². The fraction of sp³-hybridized carbons (Fsp3) is 0.571. The predicted octanol–water partition coefficient (Wildman–Crippen LogP) is 2.25. The van der Waals surface area contributed by atoms with Crippen molar-refractivity contribution in [3.8, 4) is 17.2 Å². The monoisotopic (exact) mass is 253 g/mol. The molecule has 0 saturated carbocycles. The number of hydrogen-bond acceptors (Lipinski definition) is 4. The highest BCUT2D eigenvalue weighted by molar-refractivity contribution is 5.53. The van der Waals surface area contributed by atoms with Crippen LogP contribution in [0.3, 0.4) is 0 Å². The van der Waals surface area contributed by atoms with Gasteiger partial charge in [-0.15, -0.1) is 0 Å². The van der Waals surface area contributed by atoms with Crippen molar-refractivity contribution >= 4 is 0 Å². The summed E-state index contributed by atoms with van der Waals surface area (Å²) >= 11 is 0. The summed E-state index contributed by atoms with van der Waals surface area (Å²) in [6.45, 7) is 4.16. The van der Waals surface area contributed by atoms with Crippen molar-refractivity contribution in [2.24, 2.45) is 0 Å². The van der Waals surface area contributed by atoms with E-state index in [4.69, 9.17) is 14.2 Å². The lowest BCUT2D eigenvalue weighted by atomic mass is 10.1. The van der Waals surface area contributed by atoms with Gasteiger partial charge < -0.3 is 19.5 Å². The highest BCUT2D eigenvalue weighted by atomic mass is 16.5. The second-order valence-electron chi connectivity index (χ2n) is 4.03. The molecule has 1 rings (SSSR count). The average molecular weight is 253 g/mol. The first-order valence-corrected chi connectivity index (χ1v) is 6.26. The van der Waals surface area contributed by atoms with Gasteiger partial charge in [0.05, 0.1) is 21.3 Å². The van der Waals surface area contributed by atoms with Gasteiger partial charge in [0.15, 0.2) is 11.5 Å². The molecular weight excluding hydrogens is 230 g/mol. The van der Waals surface area contributed by atoms with Crippen LogP contribution >= 0.6 is 0 Å². The summed E-state index contributed by atoms with van der Waals surface area (Å²) < 4.78 is 15.9. The van der Waals surface area contributed by atoms with Gasteiger partial charge in [0.25, 0.3) is 0 Å². The first-order valence-electron chi connectivity index (χ1n) is 6.26. The van der Waals surface area contributed by atoms with Gasteiger partial charge in [0.2, 0.25) is 5.75 Å². The molecule has 1 aromatic rings. The Bertz CT molecular complexity index is 341. The van der Waals surface area contributed by atoms with Gasteiger partial charge in [0.1, 0.15) is 0 Å². The van der Waals surface area contributed by atoms with E-state index in [1.165, 1.54) is 5.56 Å². The van der Waals surface area contributed by atoms with E-state index >= 15 is 0 Å². The molecule has 0 atom stereocenters. The Morgan fingerprint density at radius 1 is 0.944 bits per heavy atom. The van der Waals surface area contributed by atoms with Gasteiger partial charge in [-0.05, 0) is 43.6 Å². The van der Waals surface area contributed by atoms with Gasteiger partial charge >= 0.3 is 0 Å². The molecule has 102 valence electrons. The zero-order valence-corrected chi connectivity index (χ0v) is 11.7. The van der Waals surface area contributed by atoms with E-state index in [0.29, 0.717) is 17.2 Å². The highest BCUT2D eigenvalue weighted by Gasteiger charge is 2.12. The third-order valence-corrected chi connectivity index (χ3v) is 2.74. The van der Waals surface area contributed by atoms with E-state index in [2.05, 4.69) is 12.2 Å². The number of nitrogens with one attached hydrogen (secondary N) is 1. The minimum absolute atomic E-state index is 0.644. The Morgan fingerprint density at radius 3 is 2.00 bits per heavy atom. The minimum Gasteiger partial charge on any atom is -0.493 e. The smallest absolute Gasteiger partial charge is 0.203 e. The minimum atomic E-state index is 0.644. The first kappa shape index (κ1) is 14.6. The molecule has 0 saturated heterocycles. The van der Waals surface area contributed by atoms with Crippen LogP contribution in [0.1, 0.15) is 18.9 Å². The molecule has 0 bridgehead atoms. The summed E-state index contributed by atoms with van der Waals surface area (Å²) in [6.07, 6.45) is 2.09. The van der Waals surface area contributed by atoms with Crippen molar-refractivity contribution in [3.05, 3.63) is 17.7 Å². The highest BCUT2D eigenvalue weighted by Crippen LogP contribution is 2.38. The van der Waals surface area contributed by atoms with Crippen LogP contribution < -0.4 is 19.5 Å². The van der Waals surface area contributed by atoms with E-state index in [9.17, 15) is 0 Å². The standard InChI is InChI=1S/C14H23NO3/c1-5-7-15-8-6-11-9-12(16-2)14(18-4)13(10-11)17-3/h9-10,15H,5-8H2,1-4H3. The fourth-order valence-electron chi connectivity index (χ4n) is 1.81. The molecular formula is C14H23NO3. The van der Waals surface area contributed by atoms with E-state index < -0.39 is 0 Å². The summed E-state index contributed by atoms with van der Waals surface area (Å²) in [4.78, 5) is 0. The Kier molecular flexibility index (Phi) is 6.36. The summed E-state index contributed by atoms with van der Waals surface area (Å²) in [5.74, 6) is 2.06. The van der Waals surface area contributed by atoms with Crippen molar-refractivity contribution in [1.29, 1.82) is 0 Å². The molecule has 18 heavy (non-hydrogen) atoms. The molecule has 1 aromatic carbocycles. The van der Waals surface area contributed by atoms with Crippen LogP contribution in [0.2, 0.25) is 0 Å². The molecule has 0 amide bonds. The zero-order chi connectivity index (χ0) is 13.4. The van der Waals surface area contributed by atoms with E-state index in [0.717, 1.165) is 25.9 Å². The number of rotatable bonds is 8. The quantitative estimate of drug-likeness (QED) is 0.721. The second-order valence-corrected chi connectivity index (χ2v) is 4.03. The third-order valence-electron chi connectivity index (χ3n) is 2.74. The van der Waals surface area contributed by atoms with Crippen molar-refractivity contribution in [3.63, 3.8) is 0 Å². The van der Waals surface area contributed by atoms with Gasteiger partial charge in [-0.1, -0.05) is 6.92 Å². The van der Waals surface area contributed by atoms with E-state index in [-0.39, 0.29) is 0 Å². The van der Waals surface area contributed by atoms with Crippen molar-refractivity contribution < 1.29 is 14.2 Å². The first-order chi connectivity index (χ1) is 8.76. The van der Waals surface area contributed by atoms with Crippen LogP contribution in [-0.2, 0) is 6.42 Å². The molecule has 0 aliphatic rings. The van der Waals surface area contributed by atoms with Crippen LogP contribution in [0.5, 0.6) is 17.2 Å². The SMILES string of the molecule is CCCNCCc1cc(OC)c(OC)c(OC)c1. The third kappa shape index (κ3) is 3.81. The molecule has 0 aliphatic carbocycles. The Morgan fingerprint density at radius 2 is 1.56 bits per heavy atom. The van der Waals surface area contributed by atoms with E-state index in [1.54, 1.807) is 21.3 Å². The number of benzene rings is 1. The van der Waals surface area contributed by atoms with Gasteiger partial charge in [-0.3, -0.25) is 0 Å². The average Bonchev–Trinajstić information content (AvgIpc) is 2.42. The maximum Gasteiger partial charge on any atom is 0.203 e.